The maximum Gasteiger partial charge on any atom is 0.0684 e. The molecular weight excluding hydrogens is 212 g/mol. The van der Waals surface area contributed by atoms with Crippen molar-refractivity contribution < 1.29 is 5.11 Å². The number of aromatic nitrogens is 2. The van der Waals surface area contributed by atoms with E-state index in [2.05, 4.69) is 17.2 Å². The van der Waals surface area contributed by atoms with Crippen LogP contribution in [0.2, 0.25) is 0 Å². The van der Waals surface area contributed by atoms with Crippen molar-refractivity contribution in [2.75, 3.05) is 6.61 Å². The molecule has 1 aromatic heterocycles. The molecule has 0 unspecified atom stereocenters. The van der Waals surface area contributed by atoms with Crippen molar-refractivity contribution in [3.8, 4) is 5.69 Å². The molecule has 1 fully saturated rings. The zero-order valence-electron chi connectivity index (χ0n) is 9.71. The molecule has 2 aromatic rings. The zero-order valence-corrected chi connectivity index (χ0v) is 9.71. The van der Waals surface area contributed by atoms with Gasteiger partial charge < -0.3 is 5.11 Å². The van der Waals surface area contributed by atoms with Crippen molar-refractivity contribution in [2.45, 2.75) is 24.7 Å². The predicted octanol–water partition coefficient (Wildman–Crippen LogP) is 2.29. The van der Waals surface area contributed by atoms with Gasteiger partial charge in [-0.3, -0.25) is 0 Å². The average Bonchev–Trinajstić information content (AvgIpc) is 2.82. The third kappa shape index (κ3) is 1.58. The highest BCUT2D eigenvalue weighted by Crippen LogP contribution is 2.45. The van der Waals surface area contributed by atoms with E-state index in [0.717, 1.165) is 18.5 Å². The van der Waals surface area contributed by atoms with E-state index >= 15 is 0 Å². The molecule has 88 valence electrons. The van der Waals surface area contributed by atoms with Gasteiger partial charge in [0.25, 0.3) is 0 Å². The van der Waals surface area contributed by atoms with Gasteiger partial charge in [0.05, 0.1) is 12.3 Å². The molecule has 1 heterocycles. The molecule has 1 aliphatic carbocycles. The second-order valence-corrected chi connectivity index (χ2v) is 4.76. The summed E-state index contributed by atoms with van der Waals surface area (Å²) < 4.78 is 1.88. The van der Waals surface area contributed by atoms with Crippen LogP contribution < -0.4 is 0 Å². The lowest BCUT2D eigenvalue weighted by Crippen LogP contribution is -2.38. The first-order chi connectivity index (χ1) is 8.36. The summed E-state index contributed by atoms with van der Waals surface area (Å²) in [6.07, 6.45) is 7.07. The van der Waals surface area contributed by atoms with E-state index in [1.54, 1.807) is 6.20 Å². The zero-order chi connectivity index (χ0) is 11.7. The molecule has 3 rings (SSSR count). The molecule has 1 aliphatic rings. The van der Waals surface area contributed by atoms with E-state index in [0.29, 0.717) is 0 Å². The fourth-order valence-corrected chi connectivity index (χ4v) is 2.65. The molecule has 0 amide bonds. The molecule has 1 N–H and O–H groups in total. The van der Waals surface area contributed by atoms with E-state index in [1.807, 2.05) is 29.1 Å². The van der Waals surface area contributed by atoms with Gasteiger partial charge >= 0.3 is 0 Å². The molecular formula is C14H16N2O. The predicted molar refractivity (Wildman–Crippen MR) is 66.2 cm³/mol. The summed E-state index contributed by atoms with van der Waals surface area (Å²) >= 11 is 0. The molecule has 0 atom stereocenters. The van der Waals surface area contributed by atoms with Crippen LogP contribution in [-0.4, -0.2) is 21.5 Å². The number of benzene rings is 1. The van der Waals surface area contributed by atoms with Crippen molar-refractivity contribution >= 4 is 0 Å². The number of aliphatic hydroxyl groups excluding tert-OH is 1. The van der Waals surface area contributed by atoms with Crippen molar-refractivity contribution in [1.29, 1.82) is 0 Å². The number of para-hydroxylation sites is 1. The number of rotatable bonds is 3. The van der Waals surface area contributed by atoms with Gasteiger partial charge in [-0.25, -0.2) is 4.68 Å². The number of aliphatic hydroxyl groups is 1. The van der Waals surface area contributed by atoms with E-state index in [1.165, 1.54) is 12.0 Å². The van der Waals surface area contributed by atoms with E-state index in [4.69, 9.17) is 0 Å². The van der Waals surface area contributed by atoms with Crippen LogP contribution >= 0.6 is 0 Å². The van der Waals surface area contributed by atoms with Gasteiger partial charge in [0.15, 0.2) is 0 Å². The van der Waals surface area contributed by atoms with Gasteiger partial charge in [-0.1, -0.05) is 24.6 Å². The highest BCUT2D eigenvalue weighted by molar-refractivity contribution is 5.46. The molecule has 0 saturated heterocycles. The molecule has 1 saturated carbocycles. The molecule has 3 heteroatoms. The minimum absolute atomic E-state index is 0.0391. The monoisotopic (exact) mass is 228 g/mol. The second kappa shape index (κ2) is 4.00. The largest absolute Gasteiger partial charge is 0.395 e. The van der Waals surface area contributed by atoms with Crippen LogP contribution in [-0.2, 0) is 5.41 Å². The Morgan fingerprint density at radius 1 is 1.24 bits per heavy atom. The van der Waals surface area contributed by atoms with Gasteiger partial charge in [0.2, 0.25) is 0 Å². The minimum atomic E-state index is -0.0391. The normalized spacial score (nSPS) is 17.7. The Balaban J connectivity index is 2.11. The Labute approximate surface area is 101 Å². The topological polar surface area (TPSA) is 38.0 Å². The lowest BCUT2D eigenvalue weighted by molar-refractivity contribution is 0.120. The molecule has 0 spiro atoms. The number of nitrogens with zero attached hydrogens (tertiary/aromatic N) is 2. The van der Waals surface area contributed by atoms with Crippen LogP contribution in [0.5, 0.6) is 0 Å². The molecule has 0 aliphatic heterocycles. The Morgan fingerprint density at radius 2 is 2.06 bits per heavy atom. The first-order valence-corrected chi connectivity index (χ1v) is 6.06. The van der Waals surface area contributed by atoms with E-state index in [-0.39, 0.29) is 12.0 Å². The van der Waals surface area contributed by atoms with Crippen molar-refractivity contribution in [1.82, 2.24) is 9.78 Å². The van der Waals surface area contributed by atoms with Crippen molar-refractivity contribution in [3.05, 3.63) is 48.3 Å². The average molecular weight is 228 g/mol. The van der Waals surface area contributed by atoms with Crippen LogP contribution in [0.15, 0.2) is 42.7 Å². The highest BCUT2D eigenvalue weighted by Gasteiger charge is 2.39. The number of hydrogen-bond acceptors (Lipinski definition) is 2. The maximum atomic E-state index is 9.68. The van der Waals surface area contributed by atoms with Crippen LogP contribution in [0.4, 0.5) is 0 Å². The Bertz CT molecular complexity index is 495. The van der Waals surface area contributed by atoms with Gasteiger partial charge in [-0.2, -0.15) is 5.10 Å². The SMILES string of the molecule is OCC1(c2ccccc2-n2cccn2)CCC1. The lowest BCUT2D eigenvalue weighted by atomic mass is 9.64. The van der Waals surface area contributed by atoms with Crippen LogP contribution in [0.3, 0.4) is 0 Å². The highest BCUT2D eigenvalue weighted by atomic mass is 16.3. The molecule has 17 heavy (non-hydrogen) atoms. The van der Waals surface area contributed by atoms with Gasteiger partial charge in [0, 0.05) is 17.8 Å². The summed E-state index contributed by atoms with van der Waals surface area (Å²) in [7, 11) is 0. The summed E-state index contributed by atoms with van der Waals surface area (Å²) in [6.45, 7) is 0.227. The van der Waals surface area contributed by atoms with Crippen molar-refractivity contribution in [3.63, 3.8) is 0 Å². The fraction of sp³-hybridized carbons (Fsp3) is 0.357. The first kappa shape index (κ1) is 10.5. The summed E-state index contributed by atoms with van der Waals surface area (Å²) in [5.74, 6) is 0. The fourth-order valence-electron chi connectivity index (χ4n) is 2.65. The smallest absolute Gasteiger partial charge is 0.0684 e. The van der Waals surface area contributed by atoms with Crippen molar-refractivity contribution in [2.24, 2.45) is 0 Å². The minimum Gasteiger partial charge on any atom is -0.395 e. The molecule has 0 bridgehead atoms. The van der Waals surface area contributed by atoms with Crippen LogP contribution in [0.1, 0.15) is 24.8 Å². The quantitative estimate of drug-likeness (QED) is 0.875. The van der Waals surface area contributed by atoms with E-state index in [9.17, 15) is 5.11 Å². The van der Waals surface area contributed by atoms with Crippen LogP contribution in [0, 0.1) is 0 Å². The first-order valence-electron chi connectivity index (χ1n) is 6.06. The summed E-state index contributed by atoms with van der Waals surface area (Å²) in [5, 5.41) is 14.0. The van der Waals surface area contributed by atoms with E-state index < -0.39 is 0 Å². The third-order valence-electron chi connectivity index (χ3n) is 3.84. The third-order valence-corrected chi connectivity index (χ3v) is 3.84. The Hall–Kier alpha value is -1.61. The standard InChI is InChI=1S/C14H16N2O/c17-11-14(7-3-8-14)12-5-1-2-6-13(12)16-10-4-9-15-16/h1-2,4-6,9-10,17H,3,7-8,11H2. The molecule has 1 aromatic carbocycles. The molecule has 0 radical (unpaired) electrons. The second-order valence-electron chi connectivity index (χ2n) is 4.76. The van der Waals surface area contributed by atoms with Gasteiger partial charge in [-0.05, 0) is 30.5 Å². The summed E-state index contributed by atoms with van der Waals surface area (Å²) in [5.41, 5.74) is 2.27. The summed E-state index contributed by atoms with van der Waals surface area (Å²) in [4.78, 5) is 0. The summed E-state index contributed by atoms with van der Waals surface area (Å²) in [6, 6.07) is 10.2. The molecule has 3 nitrogen and oxygen atoms in total. The lowest BCUT2D eigenvalue weighted by Gasteiger charge is -2.41. The maximum absolute atomic E-state index is 9.68. The van der Waals surface area contributed by atoms with Gasteiger partial charge in [0.1, 0.15) is 0 Å². The number of hydrogen-bond donors (Lipinski definition) is 1. The Kier molecular flexibility index (Phi) is 2.48. The Morgan fingerprint density at radius 3 is 2.65 bits per heavy atom. The van der Waals surface area contributed by atoms with Crippen LogP contribution in [0.25, 0.3) is 5.69 Å². The van der Waals surface area contributed by atoms with Gasteiger partial charge in [-0.15, -0.1) is 0 Å².